The van der Waals surface area contributed by atoms with Crippen LogP contribution in [0.1, 0.15) is 16.3 Å². The summed E-state index contributed by atoms with van der Waals surface area (Å²) in [7, 11) is 0. The molecule has 0 saturated carbocycles. The summed E-state index contributed by atoms with van der Waals surface area (Å²) in [5.41, 5.74) is 3.87. The highest BCUT2D eigenvalue weighted by molar-refractivity contribution is 7.13. The van der Waals surface area contributed by atoms with Gasteiger partial charge in [-0.05, 0) is 24.6 Å². The molecular formula is C20H17N3O2S2. The molecule has 1 amide bonds. The number of hydrogen-bond acceptors (Lipinski definition) is 6. The Morgan fingerprint density at radius 1 is 1.11 bits per heavy atom. The maximum absolute atomic E-state index is 12.2. The molecule has 5 nitrogen and oxygen atoms in total. The Morgan fingerprint density at radius 3 is 2.67 bits per heavy atom. The molecule has 3 heterocycles. The van der Waals surface area contributed by atoms with E-state index in [1.165, 1.54) is 11.3 Å². The first-order valence-corrected chi connectivity index (χ1v) is 10.2. The minimum absolute atomic E-state index is 0.0505. The number of carbonyl (C=O) groups excluding carboxylic acids is 1. The van der Waals surface area contributed by atoms with Crippen LogP contribution in [0, 0.1) is 6.92 Å². The van der Waals surface area contributed by atoms with Crippen molar-refractivity contribution in [1.82, 2.24) is 15.3 Å². The van der Waals surface area contributed by atoms with Crippen molar-refractivity contribution in [3.8, 4) is 22.0 Å². The van der Waals surface area contributed by atoms with Gasteiger partial charge < -0.3 is 9.73 Å². The fourth-order valence-corrected chi connectivity index (χ4v) is 4.03. The number of carbonyl (C=O) groups is 1. The SMILES string of the molecule is Cc1nc(-c2ccc(CNC(=O)Cc3csc(-c4ccco4)n3)cc2)cs1. The molecule has 0 aliphatic rings. The Morgan fingerprint density at radius 2 is 1.96 bits per heavy atom. The molecule has 1 aromatic carbocycles. The average molecular weight is 396 g/mol. The summed E-state index contributed by atoms with van der Waals surface area (Å²) in [5, 5.41) is 8.73. The van der Waals surface area contributed by atoms with Crippen LogP contribution in [0.15, 0.2) is 57.8 Å². The van der Waals surface area contributed by atoms with E-state index in [0.29, 0.717) is 6.54 Å². The number of amides is 1. The topological polar surface area (TPSA) is 68.0 Å². The van der Waals surface area contributed by atoms with Crippen LogP contribution in [0.4, 0.5) is 0 Å². The molecule has 0 aliphatic carbocycles. The molecule has 27 heavy (non-hydrogen) atoms. The van der Waals surface area contributed by atoms with Gasteiger partial charge in [-0.15, -0.1) is 22.7 Å². The number of hydrogen-bond donors (Lipinski definition) is 1. The second-order valence-corrected chi connectivity index (χ2v) is 7.94. The number of nitrogens with zero attached hydrogens (tertiary/aromatic N) is 2. The van der Waals surface area contributed by atoms with Crippen LogP contribution in [0.25, 0.3) is 22.0 Å². The summed E-state index contributed by atoms with van der Waals surface area (Å²) < 4.78 is 5.33. The first-order chi connectivity index (χ1) is 13.2. The van der Waals surface area contributed by atoms with Gasteiger partial charge in [0.1, 0.15) is 0 Å². The van der Waals surface area contributed by atoms with Gasteiger partial charge in [-0.25, -0.2) is 9.97 Å². The maximum atomic E-state index is 12.2. The van der Waals surface area contributed by atoms with Gasteiger partial charge in [-0.3, -0.25) is 4.79 Å². The molecule has 0 aliphatic heterocycles. The molecule has 0 saturated heterocycles. The van der Waals surface area contributed by atoms with E-state index in [1.54, 1.807) is 17.6 Å². The lowest BCUT2D eigenvalue weighted by Gasteiger charge is -2.05. The molecular weight excluding hydrogens is 378 g/mol. The molecule has 0 radical (unpaired) electrons. The van der Waals surface area contributed by atoms with Gasteiger partial charge >= 0.3 is 0 Å². The third-order valence-electron chi connectivity index (χ3n) is 3.98. The monoisotopic (exact) mass is 395 g/mol. The van der Waals surface area contributed by atoms with Gasteiger partial charge in [-0.2, -0.15) is 0 Å². The smallest absolute Gasteiger partial charge is 0.226 e. The molecule has 0 unspecified atom stereocenters. The number of furan rings is 1. The molecule has 0 atom stereocenters. The molecule has 0 bridgehead atoms. The molecule has 0 fully saturated rings. The van der Waals surface area contributed by atoms with E-state index in [4.69, 9.17) is 4.42 Å². The van der Waals surface area contributed by atoms with Crippen LogP contribution in [0.3, 0.4) is 0 Å². The largest absolute Gasteiger partial charge is 0.462 e. The van der Waals surface area contributed by atoms with Crippen LogP contribution in [0.5, 0.6) is 0 Å². The zero-order valence-electron chi connectivity index (χ0n) is 14.6. The fourth-order valence-electron chi connectivity index (χ4n) is 2.62. The molecule has 136 valence electrons. The van der Waals surface area contributed by atoms with E-state index >= 15 is 0 Å². The van der Waals surface area contributed by atoms with Crippen LogP contribution in [-0.4, -0.2) is 15.9 Å². The van der Waals surface area contributed by atoms with Gasteiger partial charge in [0.2, 0.25) is 5.91 Å². The zero-order valence-corrected chi connectivity index (χ0v) is 16.3. The minimum atomic E-state index is -0.0505. The second kappa shape index (κ2) is 7.85. The Kier molecular flexibility index (Phi) is 5.13. The molecule has 4 rings (SSSR count). The van der Waals surface area contributed by atoms with Crippen molar-refractivity contribution in [3.63, 3.8) is 0 Å². The first kappa shape index (κ1) is 17.6. The number of aryl methyl sites for hydroxylation is 1. The Balaban J connectivity index is 1.31. The van der Waals surface area contributed by atoms with Crippen molar-refractivity contribution >= 4 is 28.6 Å². The van der Waals surface area contributed by atoms with Gasteiger partial charge in [-0.1, -0.05) is 24.3 Å². The second-order valence-electron chi connectivity index (χ2n) is 6.02. The van der Waals surface area contributed by atoms with Crippen LogP contribution < -0.4 is 5.32 Å². The average Bonchev–Trinajstić information content (AvgIpc) is 3.42. The van der Waals surface area contributed by atoms with Crippen LogP contribution in [-0.2, 0) is 17.8 Å². The van der Waals surface area contributed by atoms with Crippen molar-refractivity contribution in [2.75, 3.05) is 0 Å². The maximum Gasteiger partial charge on any atom is 0.226 e. The van der Waals surface area contributed by atoms with Crippen molar-refractivity contribution in [2.24, 2.45) is 0 Å². The van der Waals surface area contributed by atoms with Crippen molar-refractivity contribution in [1.29, 1.82) is 0 Å². The highest BCUT2D eigenvalue weighted by Crippen LogP contribution is 2.24. The Labute approximate surface area is 164 Å². The highest BCUT2D eigenvalue weighted by Gasteiger charge is 2.10. The summed E-state index contributed by atoms with van der Waals surface area (Å²) in [6.45, 7) is 2.49. The summed E-state index contributed by atoms with van der Waals surface area (Å²) in [6.07, 6.45) is 1.87. The van der Waals surface area contributed by atoms with E-state index in [9.17, 15) is 4.79 Å². The summed E-state index contributed by atoms with van der Waals surface area (Å²) in [4.78, 5) is 21.1. The van der Waals surface area contributed by atoms with E-state index in [2.05, 4.69) is 20.7 Å². The van der Waals surface area contributed by atoms with E-state index < -0.39 is 0 Å². The minimum Gasteiger partial charge on any atom is -0.462 e. The van der Waals surface area contributed by atoms with Gasteiger partial charge in [0.05, 0.1) is 29.1 Å². The molecule has 7 heteroatoms. The van der Waals surface area contributed by atoms with Crippen LogP contribution >= 0.6 is 22.7 Å². The van der Waals surface area contributed by atoms with Gasteiger partial charge in [0, 0.05) is 22.9 Å². The predicted octanol–water partition coefficient (Wildman–Crippen LogP) is 4.69. The zero-order chi connectivity index (χ0) is 18.6. The van der Waals surface area contributed by atoms with E-state index in [-0.39, 0.29) is 12.3 Å². The predicted molar refractivity (Wildman–Crippen MR) is 108 cm³/mol. The summed E-state index contributed by atoms with van der Waals surface area (Å²) in [5.74, 6) is 0.674. The molecule has 4 aromatic rings. The Hall–Kier alpha value is -2.77. The number of rotatable bonds is 6. The summed E-state index contributed by atoms with van der Waals surface area (Å²) >= 11 is 3.12. The van der Waals surface area contributed by atoms with E-state index in [1.807, 2.05) is 48.7 Å². The normalized spacial score (nSPS) is 10.9. The third-order valence-corrected chi connectivity index (χ3v) is 5.66. The van der Waals surface area contributed by atoms with Gasteiger partial charge in [0.25, 0.3) is 0 Å². The number of aromatic nitrogens is 2. The number of benzene rings is 1. The lowest BCUT2D eigenvalue weighted by molar-refractivity contribution is -0.120. The van der Waals surface area contributed by atoms with Gasteiger partial charge in [0.15, 0.2) is 10.8 Å². The number of thiazole rings is 2. The van der Waals surface area contributed by atoms with Crippen molar-refractivity contribution in [2.45, 2.75) is 19.9 Å². The third kappa shape index (κ3) is 4.32. The lowest BCUT2D eigenvalue weighted by atomic mass is 10.1. The van der Waals surface area contributed by atoms with Crippen LogP contribution in [0.2, 0.25) is 0 Å². The van der Waals surface area contributed by atoms with Crippen molar-refractivity contribution < 1.29 is 9.21 Å². The van der Waals surface area contributed by atoms with E-state index in [0.717, 1.165) is 38.3 Å². The molecule has 3 aromatic heterocycles. The fraction of sp³-hybridized carbons (Fsp3) is 0.150. The number of nitrogens with one attached hydrogen (secondary N) is 1. The molecule has 1 N–H and O–H groups in total. The summed E-state index contributed by atoms with van der Waals surface area (Å²) in [6, 6.07) is 11.8. The highest BCUT2D eigenvalue weighted by atomic mass is 32.1. The van der Waals surface area contributed by atoms with Crippen molar-refractivity contribution in [3.05, 3.63) is 69.7 Å². The molecule has 0 spiro atoms. The quantitative estimate of drug-likeness (QED) is 0.514. The first-order valence-electron chi connectivity index (χ1n) is 8.44. The lowest BCUT2D eigenvalue weighted by Crippen LogP contribution is -2.24. The standard InChI is InChI=1S/C20H17N3O2S2/c1-13-22-17(12-26-13)15-6-4-14(5-7-15)10-21-19(24)9-16-11-27-20(23-16)18-3-2-8-25-18/h2-8,11-12H,9-10H2,1H3,(H,21,24). The Bertz CT molecular complexity index is 1030.